The van der Waals surface area contributed by atoms with Gasteiger partial charge in [-0.3, -0.25) is 4.79 Å². The van der Waals surface area contributed by atoms with Crippen molar-refractivity contribution in [2.24, 2.45) is 0 Å². The molecule has 1 fully saturated rings. The zero-order chi connectivity index (χ0) is 23.6. The molecule has 0 spiro atoms. The van der Waals surface area contributed by atoms with Crippen molar-refractivity contribution in [3.63, 3.8) is 0 Å². The Balaban J connectivity index is 1.66. The van der Waals surface area contributed by atoms with Crippen LogP contribution in [0.3, 0.4) is 0 Å². The van der Waals surface area contributed by atoms with E-state index in [2.05, 4.69) is 19.9 Å². The second-order valence-electron chi connectivity index (χ2n) is 8.57. The molecule has 0 aromatic carbocycles. The molecule has 3 aromatic heterocycles. The molecule has 33 heavy (non-hydrogen) atoms. The molecule has 176 valence electrons. The Kier molecular flexibility index (Phi) is 6.81. The Morgan fingerprint density at radius 2 is 1.91 bits per heavy atom. The number of ether oxygens (including phenoxy) is 2. The van der Waals surface area contributed by atoms with E-state index in [1.807, 2.05) is 26.1 Å². The van der Waals surface area contributed by atoms with Crippen molar-refractivity contribution in [2.75, 3.05) is 33.2 Å². The summed E-state index contributed by atoms with van der Waals surface area (Å²) in [5.41, 5.74) is 1.48. The average Bonchev–Trinajstić information content (AvgIpc) is 3.20. The number of carbonyl (C=O) groups is 1. The first-order valence-electron chi connectivity index (χ1n) is 11.2. The molecule has 1 aliphatic carbocycles. The van der Waals surface area contributed by atoms with Gasteiger partial charge in [0.05, 0.1) is 17.4 Å². The van der Waals surface area contributed by atoms with E-state index in [-0.39, 0.29) is 11.6 Å². The van der Waals surface area contributed by atoms with Crippen LogP contribution in [0.5, 0.6) is 5.88 Å². The van der Waals surface area contributed by atoms with E-state index in [4.69, 9.17) is 9.47 Å². The molecular weight excluding hydrogens is 438 g/mol. The third kappa shape index (κ3) is 4.39. The lowest BCUT2D eigenvalue weighted by Gasteiger charge is -2.44. The molecule has 0 radical (unpaired) electrons. The summed E-state index contributed by atoms with van der Waals surface area (Å²) in [4.78, 5) is 32.0. The highest BCUT2D eigenvalue weighted by Gasteiger charge is 2.38. The predicted octanol–water partition coefficient (Wildman–Crippen LogP) is 4.42. The fourth-order valence-corrected chi connectivity index (χ4v) is 5.80. The summed E-state index contributed by atoms with van der Waals surface area (Å²) in [6.07, 6.45) is 8.66. The number of methoxy groups -OCH3 is 2. The summed E-state index contributed by atoms with van der Waals surface area (Å²) >= 11 is 1.42. The first kappa shape index (κ1) is 23.4. The van der Waals surface area contributed by atoms with Gasteiger partial charge in [0.1, 0.15) is 22.7 Å². The Bertz CT molecular complexity index is 1140. The number of fused-ring (bicyclic) bond motifs is 1. The van der Waals surface area contributed by atoms with Gasteiger partial charge in [0.15, 0.2) is 0 Å². The number of anilines is 1. The number of hydrogen-bond donors (Lipinski definition) is 0. The summed E-state index contributed by atoms with van der Waals surface area (Å²) in [5.74, 6) is 1.31. The van der Waals surface area contributed by atoms with Crippen molar-refractivity contribution in [1.82, 2.24) is 19.9 Å². The van der Waals surface area contributed by atoms with E-state index in [1.54, 1.807) is 38.7 Å². The molecule has 3 heterocycles. The van der Waals surface area contributed by atoms with E-state index >= 15 is 0 Å². The molecule has 1 aliphatic rings. The molecular formula is C24H31N5O3S. The number of nitrogens with zero attached hydrogens (tertiary/aromatic N) is 5. The van der Waals surface area contributed by atoms with Crippen molar-refractivity contribution in [3.05, 3.63) is 40.7 Å². The van der Waals surface area contributed by atoms with Gasteiger partial charge in [0, 0.05) is 40.0 Å². The molecule has 0 bridgehead atoms. The highest BCUT2D eigenvalue weighted by Crippen LogP contribution is 2.41. The average molecular weight is 470 g/mol. The van der Waals surface area contributed by atoms with Gasteiger partial charge in [-0.2, -0.15) is 0 Å². The predicted molar refractivity (Wildman–Crippen MR) is 130 cm³/mol. The van der Waals surface area contributed by atoms with Crippen LogP contribution in [0.15, 0.2) is 24.7 Å². The Morgan fingerprint density at radius 1 is 1.15 bits per heavy atom. The normalized spacial score (nSPS) is 15.4. The Labute approximate surface area is 198 Å². The van der Waals surface area contributed by atoms with Crippen LogP contribution in [0.2, 0.25) is 0 Å². The second kappa shape index (κ2) is 9.61. The maximum Gasteiger partial charge on any atom is 0.264 e. The van der Waals surface area contributed by atoms with Gasteiger partial charge in [-0.1, -0.05) is 6.42 Å². The summed E-state index contributed by atoms with van der Waals surface area (Å²) in [6.45, 7) is 2.44. The number of aryl methyl sites for hydroxylation is 1. The summed E-state index contributed by atoms with van der Waals surface area (Å²) in [5, 5.41) is 0.925. The van der Waals surface area contributed by atoms with Crippen molar-refractivity contribution in [2.45, 2.75) is 51.3 Å². The van der Waals surface area contributed by atoms with Gasteiger partial charge in [0.25, 0.3) is 5.91 Å². The molecule has 0 aliphatic heterocycles. The monoisotopic (exact) mass is 469 g/mol. The summed E-state index contributed by atoms with van der Waals surface area (Å²) < 4.78 is 11.2. The quantitative estimate of drug-likeness (QED) is 0.474. The standard InChI is InChI=1S/C24H31N5O3S/c1-16-19-21(29(3)24(32-5)10-7-6-8-11-24)26-15-27-22(19)33-20(16)23(30)28(2)14-17-9-12-25-18(13-17)31-4/h9,12-13,15H,6-8,10-11,14H2,1-5H3. The lowest BCUT2D eigenvalue weighted by atomic mass is 9.90. The van der Waals surface area contributed by atoms with E-state index in [0.717, 1.165) is 52.8 Å². The van der Waals surface area contributed by atoms with E-state index in [1.165, 1.54) is 17.8 Å². The van der Waals surface area contributed by atoms with E-state index in [9.17, 15) is 4.79 Å². The maximum absolute atomic E-state index is 13.4. The number of thiophene rings is 1. The van der Waals surface area contributed by atoms with Crippen LogP contribution < -0.4 is 9.64 Å². The fraction of sp³-hybridized carbons (Fsp3) is 0.500. The topological polar surface area (TPSA) is 80.7 Å². The van der Waals surface area contributed by atoms with Gasteiger partial charge in [-0.05, 0) is 49.8 Å². The van der Waals surface area contributed by atoms with Gasteiger partial charge in [0.2, 0.25) is 5.88 Å². The molecule has 3 aromatic rings. The molecule has 1 saturated carbocycles. The van der Waals surface area contributed by atoms with Gasteiger partial charge < -0.3 is 19.3 Å². The zero-order valence-corrected chi connectivity index (χ0v) is 20.7. The van der Waals surface area contributed by atoms with Crippen molar-refractivity contribution in [3.8, 4) is 5.88 Å². The summed E-state index contributed by atoms with van der Waals surface area (Å²) in [6, 6.07) is 3.73. The first-order chi connectivity index (χ1) is 15.9. The fourth-order valence-electron chi connectivity index (χ4n) is 4.66. The van der Waals surface area contributed by atoms with Crippen LogP contribution >= 0.6 is 11.3 Å². The molecule has 0 atom stereocenters. The van der Waals surface area contributed by atoms with Crippen molar-refractivity contribution < 1.29 is 14.3 Å². The molecule has 4 rings (SSSR count). The molecule has 1 amide bonds. The number of aromatic nitrogens is 3. The lowest BCUT2D eigenvalue weighted by molar-refractivity contribution is -0.0378. The second-order valence-corrected chi connectivity index (χ2v) is 9.57. The van der Waals surface area contributed by atoms with Crippen LogP contribution in [0.4, 0.5) is 5.82 Å². The zero-order valence-electron chi connectivity index (χ0n) is 19.9. The van der Waals surface area contributed by atoms with Gasteiger partial charge >= 0.3 is 0 Å². The smallest absolute Gasteiger partial charge is 0.264 e. The lowest BCUT2D eigenvalue weighted by Crippen LogP contribution is -2.50. The van der Waals surface area contributed by atoms with Crippen LogP contribution in [0, 0.1) is 6.92 Å². The molecule has 0 unspecified atom stereocenters. The molecule has 0 saturated heterocycles. The largest absolute Gasteiger partial charge is 0.481 e. The number of carbonyl (C=O) groups excluding carboxylic acids is 1. The van der Waals surface area contributed by atoms with Crippen molar-refractivity contribution >= 4 is 33.3 Å². The third-order valence-electron chi connectivity index (χ3n) is 6.62. The SMILES string of the molecule is COc1cc(CN(C)C(=O)c2sc3ncnc(N(C)C4(OC)CCCCC4)c3c2C)ccn1. The van der Waals surface area contributed by atoms with Crippen LogP contribution in [0.25, 0.3) is 10.2 Å². The van der Waals surface area contributed by atoms with Gasteiger partial charge in [-0.25, -0.2) is 15.0 Å². The highest BCUT2D eigenvalue weighted by atomic mass is 32.1. The van der Waals surface area contributed by atoms with Crippen LogP contribution in [0.1, 0.15) is 52.9 Å². The van der Waals surface area contributed by atoms with Crippen LogP contribution in [-0.4, -0.2) is 59.8 Å². The highest BCUT2D eigenvalue weighted by molar-refractivity contribution is 7.20. The van der Waals surface area contributed by atoms with Gasteiger partial charge in [-0.15, -0.1) is 11.3 Å². The number of rotatable bonds is 7. The minimum Gasteiger partial charge on any atom is -0.481 e. The summed E-state index contributed by atoms with van der Waals surface area (Å²) in [7, 11) is 7.20. The first-order valence-corrected chi connectivity index (χ1v) is 12.0. The van der Waals surface area contributed by atoms with Crippen LogP contribution in [-0.2, 0) is 11.3 Å². The van der Waals surface area contributed by atoms with E-state index in [0.29, 0.717) is 17.3 Å². The number of hydrogen-bond acceptors (Lipinski definition) is 8. The Morgan fingerprint density at radius 3 is 2.61 bits per heavy atom. The molecule has 9 heteroatoms. The molecule has 8 nitrogen and oxygen atoms in total. The van der Waals surface area contributed by atoms with E-state index < -0.39 is 0 Å². The number of amides is 1. The van der Waals surface area contributed by atoms with Crippen molar-refractivity contribution in [1.29, 1.82) is 0 Å². The minimum atomic E-state index is -0.380. The molecule has 0 N–H and O–H groups in total. The third-order valence-corrected chi connectivity index (χ3v) is 7.81. The Hall–Kier alpha value is -2.78. The minimum absolute atomic E-state index is 0.0426. The maximum atomic E-state index is 13.4. The number of pyridine rings is 1.